The number of nitrogens with one attached hydrogen (secondary N) is 1. The van der Waals surface area contributed by atoms with Crippen LogP contribution in [0.4, 0.5) is 5.69 Å². The van der Waals surface area contributed by atoms with Gasteiger partial charge in [-0.1, -0.05) is 59.2 Å². The molecule has 2 aromatic heterocycles. The Morgan fingerprint density at radius 2 is 1.95 bits per heavy atom. The normalized spacial score (nSPS) is 10.9. The van der Waals surface area contributed by atoms with Crippen molar-refractivity contribution in [2.45, 2.75) is 25.2 Å². The van der Waals surface area contributed by atoms with Crippen molar-refractivity contribution < 1.29 is 9.53 Å². The number of rotatable bonds is 10. The van der Waals surface area contributed by atoms with Crippen LogP contribution in [0.3, 0.4) is 0 Å². The van der Waals surface area contributed by atoms with Crippen LogP contribution < -0.4 is 15.6 Å². The van der Waals surface area contributed by atoms with E-state index < -0.39 is 0 Å². The number of carbonyl (C=O) groups is 1. The van der Waals surface area contributed by atoms with Gasteiger partial charge in [-0.15, -0.1) is 16.8 Å². The zero-order valence-corrected chi connectivity index (χ0v) is 22.5. The molecule has 1 N–H and O–H groups in total. The summed E-state index contributed by atoms with van der Waals surface area (Å²) in [5.74, 6) is 0.693. The van der Waals surface area contributed by atoms with Crippen LogP contribution in [0.5, 0.6) is 5.75 Å². The monoisotopic (exact) mass is 558 g/mol. The second-order valence-corrected chi connectivity index (χ2v) is 9.72. The highest BCUT2D eigenvalue weighted by atomic mass is 35.5. The number of hydrogen-bond donors (Lipinski definition) is 1. The lowest BCUT2D eigenvalue weighted by Crippen LogP contribution is -2.23. The first-order valence-electron chi connectivity index (χ1n) is 11.2. The van der Waals surface area contributed by atoms with E-state index in [1.165, 1.54) is 16.4 Å². The largest absolute Gasteiger partial charge is 0.484 e. The molecular weight excluding hydrogens is 535 g/mol. The second kappa shape index (κ2) is 11.7. The molecule has 4 aromatic rings. The Kier molecular flexibility index (Phi) is 8.42. The van der Waals surface area contributed by atoms with Crippen LogP contribution in [0.25, 0.3) is 5.69 Å². The molecule has 0 aliphatic heterocycles. The smallest absolute Gasteiger partial charge is 0.295 e. The van der Waals surface area contributed by atoms with Gasteiger partial charge in [0.1, 0.15) is 18.0 Å². The Morgan fingerprint density at radius 3 is 2.65 bits per heavy atom. The maximum absolute atomic E-state index is 13.0. The molecule has 37 heavy (non-hydrogen) atoms. The molecule has 0 radical (unpaired) electrons. The Morgan fingerprint density at radius 1 is 1.19 bits per heavy atom. The number of amides is 1. The van der Waals surface area contributed by atoms with Crippen LogP contribution >= 0.6 is 35.0 Å². The van der Waals surface area contributed by atoms with Crippen molar-refractivity contribution in [2.24, 2.45) is 7.05 Å². The number of hydrogen-bond acceptors (Lipinski definition) is 6. The fourth-order valence-corrected chi connectivity index (χ4v) is 4.83. The minimum atomic E-state index is -0.338. The van der Waals surface area contributed by atoms with E-state index in [2.05, 4.69) is 22.1 Å². The first-order valence-corrected chi connectivity index (χ1v) is 12.9. The fourth-order valence-electron chi connectivity index (χ4n) is 3.60. The predicted molar refractivity (Wildman–Crippen MR) is 146 cm³/mol. The summed E-state index contributed by atoms with van der Waals surface area (Å²) < 4.78 is 10.8. The van der Waals surface area contributed by atoms with E-state index in [1.54, 1.807) is 47.5 Å². The summed E-state index contributed by atoms with van der Waals surface area (Å²) in [6, 6.07) is 14.2. The maximum atomic E-state index is 13.0. The average Bonchev–Trinajstić information content (AvgIpc) is 3.36. The molecule has 0 fully saturated rings. The van der Waals surface area contributed by atoms with Gasteiger partial charge in [-0.05, 0) is 37.3 Å². The molecule has 12 heteroatoms. The Labute approximate surface area is 227 Å². The molecule has 0 aliphatic carbocycles. The molecule has 0 spiro atoms. The van der Waals surface area contributed by atoms with Crippen LogP contribution in [-0.2, 0) is 25.0 Å². The van der Waals surface area contributed by atoms with Gasteiger partial charge in [-0.3, -0.25) is 18.8 Å². The summed E-state index contributed by atoms with van der Waals surface area (Å²) in [5.41, 5.74) is 1.28. The molecule has 0 unspecified atom stereocenters. The minimum Gasteiger partial charge on any atom is -0.484 e. The van der Waals surface area contributed by atoms with Crippen molar-refractivity contribution in [1.29, 1.82) is 0 Å². The minimum absolute atomic E-state index is 0.0260. The van der Waals surface area contributed by atoms with Gasteiger partial charge in [0.2, 0.25) is 5.91 Å². The zero-order valence-electron chi connectivity index (χ0n) is 20.1. The molecule has 1 amide bonds. The highest BCUT2D eigenvalue weighted by molar-refractivity contribution is 7.99. The summed E-state index contributed by atoms with van der Waals surface area (Å²) in [6.45, 7) is 6.09. The summed E-state index contributed by atoms with van der Waals surface area (Å²) in [5, 5.41) is 12.6. The molecule has 9 nitrogen and oxygen atoms in total. The van der Waals surface area contributed by atoms with Gasteiger partial charge in [0.05, 0.1) is 22.2 Å². The first kappa shape index (κ1) is 26.6. The molecule has 2 aromatic carbocycles. The molecule has 0 atom stereocenters. The number of benzene rings is 2. The molecular formula is C25H24Cl2N6O3S. The third kappa shape index (κ3) is 5.93. The lowest BCUT2D eigenvalue weighted by molar-refractivity contribution is -0.113. The number of aromatic nitrogens is 5. The number of anilines is 1. The summed E-state index contributed by atoms with van der Waals surface area (Å²) in [6.07, 6.45) is 1.70. The zero-order chi connectivity index (χ0) is 26.5. The molecule has 0 saturated heterocycles. The summed E-state index contributed by atoms with van der Waals surface area (Å²) in [7, 11) is 1.77. The van der Waals surface area contributed by atoms with Crippen LogP contribution in [0.2, 0.25) is 10.0 Å². The van der Waals surface area contributed by atoms with E-state index in [-0.39, 0.29) is 29.5 Å². The quantitative estimate of drug-likeness (QED) is 0.220. The molecule has 4 rings (SSSR count). The molecule has 2 heterocycles. The van der Waals surface area contributed by atoms with Gasteiger partial charge < -0.3 is 10.1 Å². The van der Waals surface area contributed by atoms with E-state index >= 15 is 0 Å². The van der Waals surface area contributed by atoms with E-state index in [4.69, 9.17) is 27.9 Å². The van der Waals surface area contributed by atoms with Gasteiger partial charge >= 0.3 is 0 Å². The Hall–Kier alpha value is -3.47. The molecule has 0 saturated carbocycles. The first-order chi connectivity index (χ1) is 17.8. The number of para-hydroxylation sites is 1. The van der Waals surface area contributed by atoms with Crippen molar-refractivity contribution in [3.63, 3.8) is 0 Å². The topological polar surface area (TPSA) is 96.0 Å². The van der Waals surface area contributed by atoms with Gasteiger partial charge in [0.25, 0.3) is 5.56 Å². The van der Waals surface area contributed by atoms with Gasteiger partial charge in [0, 0.05) is 18.6 Å². The van der Waals surface area contributed by atoms with Crippen molar-refractivity contribution >= 4 is 46.6 Å². The van der Waals surface area contributed by atoms with Crippen molar-refractivity contribution in [1.82, 2.24) is 24.1 Å². The predicted octanol–water partition coefficient (Wildman–Crippen LogP) is 4.88. The second-order valence-electron chi connectivity index (χ2n) is 7.93. The maximum Gasteiger partial charge on any atom is 0.295 e. The van der Waals surface area contributed by atoms with Gasteiger partial charge in [-0.25, -0.2) is 4.68 Å². The van der Waals surface area contributed by atoms with Gasteiger partial charge in [0.15, 0.2) is 11.0 Å². The highest BCUT2D eigenvalue weighted by Gasteiger charge is 2.19. The van der Waals surface area contributed by atoms with Crippen molar-refractivity contribution in [3.8, 4) is 11.4 Å². The SMILES string of the molecule is C=CCn1c(COc2ccc(Cl)cc2Cl)nnc1SCC(=O)Nc1c(C)n(C)n(-c2ccccc2)c1=O. The Balaban J connectivity index is 1.44. The lowest BCUT2D eigenvalue weighted by atomic mass is 10.3. The molecule has 192 valence electrons. The lowest BCUT2D eigenvalue weighted by Gasteiger charge is -2.10. The van der Waals surface area contributed by atoms with Gasteiger partial charge in [-0.2, -0.15) is 0 Å². The van der Waals surface area contributed by atoms with E-state index in [9.17, 15) is 9.59 Å². The summed E-state index contributed by atoms with van der Waals surface area (Å²) >= 11 is 13.3. The van der Waals surface area contributed by atoms with Crippen LogP contribution in [0.15, 0.2) is 71.1 Å². The van der Waals surface area contributed by atoms with E-state index in [0.717, 1.165) is 0 Å². The Bertz CT molecular complexity index is 1500. The highest BCUT2D eigenvalue weighted by Crippen LogP contribution is 2.28. The van der Waals surface area contributed by atoms with Crippen LogP contribution in [0, 0.1) is 6.92 Å². The molecule has 0 bridgehead atoms. The van der Waals surface area contributed by atoms with Crippen molar-refractivity contribution in [2.75, 3.05) is 11.1 Å². The average molecular weight is 559 g/mol. The van der Waals surface area contributed by atoms with Crippen molar-refractivity contribution in [3.05, 3.63) is 93.1 Å². The number of thioether (sulfide) groups is 1. The fraction of sp³-hybridized carbons (Fsp3) is 0.200. The number of carbonyl (C=O) groups excluding carboxylic acids is 1. The van der Waals surface area contributed by atoms with Crippen LogP contribution in [0.1, 0.15) is 11.5 Å². The third-order valence-corrected chi connectivity index (χ3v) is 7.00. The van der Waals surface area contributed by atoms with E-state index in [0.29, 0.717) is 44.7 Å². The number of halogens is 2. The molecule has 0 aliphatic rings. The standard InChI is InChI=1S/C25H24Cl2N6O3S/c1-4-12-32-21(14-36-20-11-10-17(26)13-19(20)27)29-30-25(32)37-15-22(34)28-23-16(2)31(3)33(24(23)35)18-8-6-5-7-9-18/h4-11,13H,1,12,14-15H2,2-3H3,(H,28,34). The third-order valence-electron chi connectivity index (χ3n) is 5.51. The van der Waals surface area contributed by atoms with Crippen LogP contribution in [-0.4, -0.2) is 35.8 Å². The number of nitrogens with zero attached hydrogens (tertiary/aromatic N) is 5. The van der Waals surface area contributed by atoms with E-state index in [1.807, 2.05) is 30.3 Å². The number of ether oxygens (including phenoxy) is 1. The summed E-state index contributed by atoms with van der Waals surface area (Å²) in [4.78, 5) is 25.8. The number of allylic oxidation sites excluding steroid dienone is 1.